The number of aliphatic imine (C=N–C) groups is 1. The van der Waals surface area contributed by atoms with E-state index >= 15 is 0 Å². The van der Waals surface area contributed by atoms with Gasteiger partial charge in [0.25, 0.3) is 0 Å². The molecule has 0 bridgehead atoms. The van der Waals surface area contributed by atoms with Crippen molar-refractivity contribution >= 4 is 17.3 Å². The predicted octanol–water partition coefficient (Wildman–Crippen LogP) is 0.177. The lowest BCUT2D eigenvalue weighted by Gasteiger charge is -2.00. The first-order chi connectivity index (χ1) is 5.33. The minimum Gasteiger partial charge on any atom is -0.370 e. The lowest BCUT2D eigenvalue weighted by atomic mass is 10.5. The van der Waals surface area contributed by atoms with Crippen LogP contribution in [0, 0.1) is 0 Å². The molecule has 60 valence electrons. The number of nitrogens with two attached hydrogens (primary N) is 1. The van der Waals surface area contributed by atoms with Crippen LogP contribution in [0.2, 0.25) is 0 Å². The van der Waals surface area contributed by atoms with Crippen molar-refractivity contribution in [3.63, 3.8) is 0 Å². The summed E-state index contributed by atoms with van der Waals surface area (Å²) in [5.41, 5.74) is 7.20. The fraction of sp³-hybridized carbons (Fsp3) is 0.333. The van der Waals surface area contributed by atoms with Crippen molar-refractivity contribution in [2.75, 3.05) is 7.05 Å². The third kappa shape index (κ3) is 2.55. The molecule has 1 rings (SSSR count). The van der Waals surface area contributed by atoms with Crippen LogP contribution in [0.5, 0.6) is 0 Å². The van der Waals surface area contributed by atoms with Crippen LogP contribution in [0.15, 0.2) is 16.7 Å². The molecule has 5 heteroatoms. The lowest BCUT2D eigenvalue weighted by molar-refractivity contribution is 0.915. The van der Waals surface area contributed by atoms with Crippen LogP contribution >= 0.6 is 11.3 Å². The van der Waals surface area contributed by atoms with Crippen molar-refractivity contribution in [3.8, 4) is 0 Å². The van der Waals surface area contributed by atoms with E-state index in [1.54, 1.807) is 30.1 Å². The quantitative estimate of drug-likeness (QED) is 0.491. The summed E-state index contributed by atoms with van der Waals surface area (Å²) in [4.78, 5) is 8.83. The Morgan fingerprint density at radius 1 is 1.91 bits per heavy atom. The normalized spacial score (nSPS) is 11.5. The van der Waals surface area contributed by atoms with Gasteiger partial charge in [-0.3, -0.25) is 9.98 Å². The van der Waals surface area contributed by atoms with Crippen LogP contribution in [0.4, 0.5) is 0 Å². The summed E-state index contributed by atoms with van der Waals surface area (Å²) < 4.78 is 0. The van der Waals surface area contributed by atoms with Crippen molar-refractivity contribution in [2.24, 2.45) is 10.7 Å². The van der Waals surface area contributed by atoms with Crippen LogP contribution in [0.25, 0.3) is 0 Å². The number of nitrogens with zero attached hydrogens (tertiary/aromatic N) is 2. The molecule has 3 N–H and O–H groups in total. The van der Waals surface area contributed by atoms with E-state index in [9.17, 15) is 0 Å². The Bertz CT molecular complexity index is 229. The number of hydrogen-bond acceptors (Lipinski definition) is 3. The molecule has 0 aliphatic rings. The average Bonchev–Trinajstić information content (AvgIpc) is 2.52. The van der Waals surface area contributed by atoms with Crippen molar-refractivity contribution < 1.29 is 0 Å². The van der Waals surface area contributed by atoms with E-state index < -0.39 is 0 Å². The van der Waals surface area contributed by atoms with Gasteiger partial charge in [0, 0.05) is 18.1 Å². The summed E-state index contributed by atoms with van der Waals surface area (Å²) in [5, 5.41) is 2.93. The first-order valence-corrected chi connectivity index (χ1v) is 4.04. The fourth-order valence-corrected chi connectivity index (χ4v) is 1.12. The van der Waals surface area contributed by atoms with E-state index in [2.05, 4.69) is 15.3 Å². The molecule has 0 saturated heterocycles. The molecule has 0 spiro atoms. The molecular formula is C6H10N4S. The van der Waals surface area contributed by atoms with E-state index in [4.69, 9.17) is 5.73 Å². The maximum atomic E-state index is 5.41. The first kappa shape index (κ1) is 8.00. The van der Waals surface area contributed by atoms with Gasteiger partial charge in [0.05, 0.1) is 12.1 Å². The highest BCUT2D eigenvalue weighted by Crippen LogP contribution is 2.03. The molecule has 0 amide bonds. The zero-order valence-electron chi connectivity index (χ0n) is 6.24. The molecule has 0 aliphatic heterocycles. The maximum Gasteiger partial charge on any atom is 0.188 e. The molecule has 0 fully saturated rings. The summed E-state index contributed by atoms with van der Waals surface area (Å²) in [7, 11) is 1.65. The SMILES string of the molecule is CN=C(N)NCc1cncs1. The van der Waals surface area contributed by atoms with Gasteiger partial charge in [0.15, 0.2) is 5.96 Å². The minimum atomic E-state index is 0.457. The van der Waals surface area contributed by atoms with Crippen LogP contribution in [0.1, 0.15) is 4.88 Å². The van der Waals surface area contributed by atoms with Crippen LogP contribution in [0.3, 0.4) is 0 Å². The minimum absolute atomic E-state index is 0.457. The molecule has 1 heterocycles. The van der Waals surface area contributed by atoms with Crippen LogP contribution < -0.4 is 11.1 Å². The summed E-state index contributed by atoms with van der Waals surface area (Å²) in [6.07, 6.45) is 1.81. The molecule has 4 nitrogen and oxygen atoms in total. The van der Waals surface area contributed by atoms with Crippen molar-refractivity contribution in [3.05, 3.63) is 16.6 Å². The van der Waals surface area contributed by atoms with Crippen molar-refractivity contribution in [1.29, 1.82) is 0 Å². The van der Waals surface area contributed by atoms with E-state index in [0.29, 0.717) is 12.5 Å². The van der Waals surface area contributed by atoms with E-state index in [1.807, 2.05) is 0 Å². The number of rotatable bonds is 2. The zero-order valence-corrected chi connectivity index (χ0v) is 7.06. The standard InChI is InChI=1S/C6H10N4S/c1-8-6(7)10-3-5-2-9-4-11-5/h2,4H,3H2,1H3,(H3,7,8,10). The molecule has 0 atom stereocenters. The van der Waals surface area contributed by atoms with E-state index in [0.717, 1.165) is 4.88 Å². The lowest BCUT2D eigenvalue weighted by Crippen LogP contribution is -2.30. The Balaban J connectivity index is 2.35. The van der Waals surface area contributed by atoms with Gasteiger partial charge >= 0.3 is 0 Å². The summed E-state index contributed by atoms with van der Waals surface area (Å²) in [6.45, 7) is 0.702. The molecule has 0 radical (unpaired) electrons. The third-order valence-corrected chi connectivity index (χ3v) is 1.95. The Morgan fingerprint density at radius 2 is 2.73 bits per heavy atom. The molecular weight excluding hydrogens is 160 g/mol. The average molecular weight is 170 g/mol. The van der Waals surface area contributed by atoms with Crippen LogP contribution in [-0.2, 0) is 6.54 Å². The fourth-order valence-electron chi connectivity index (χ4n) is 0.586. The van der Waals surface area contributed by atoms with E-state index in [-0.39, 0.29) is 0 Å². The smallest absolute Gasteiger partial charge is 0.188 e. The maximum absolute atomic E-state index is 5.41. The Kier molecular flexibility index (Phi) is 2.85. The van der Waals surface area contributed by atoms with Gasteiger partial charge in [0.1, 0.15) is 0 Å². The highest BCUT2D eigenvalue weighted by molar-refractivity contribution is 7.09. The second kappa shape index (κ2) is 3.92. The number of thiazole rings is 1. The van der Waals surface area contributed by atoms with Gasteiger partial charge in [-0.15, -0.1) is 11.3 Å². The van der Waals surface area contributed by atoms with Gasteiger partial charge in [-0.2, -0.15) is 0 Å². The number of hydrogen-bond donors (Lipinski definition) is 2. The monoisotopic (exact) mass is 170 g/mol. The molecule has 0 saturated carbocycles. The first-order valence-electron chi connectivity index (χ1n) is 3.16. The summed E-state index contributed by atoms with van der Waals surface area (Å²) in [5.74, 6) is 0.457. The third-order valence-electron chi connectivity index (χ3n) is 1.17. The molecule has 0 aromatic carbocycles. The number of aromatic nitrogens is 1. The second-order valence-corrected chi connectivity index (χ2v) is 2.90. The van der Waals surface area contributed by atoms with Gasteiger partial charge in [-0.25, -0.2) is 0 Å². The molecule has 0 unspecified atom stereocenters. The molecule has 1 aromatic heterocycles. The molecule has 0 aliphatic carbocycles. The van der Waals surface area contributed by atoms with Crippen LogP contribution in [-0.4, -0.2) is 18.0 Å². The Labute approximate surface area is 69.2 Å². The Morgan fingerprint density at radius 3 is 3.27 bits per heavy atom. The van der Waals surface area contributed by atoms with Gasteiger partial charge in [0.2, 0.25) is 0 Å². The molecule has 1 aromatic rings. The van der Waals surface area contributed by atoms with Gasteiger partial charge < -0.3 is 11.1 Å². The Hall–Kier alpha value is -1.10. The number of guanidine groups is 1. The topological polar surface area (TPSA) is 63.3 Å². The predicted molar refractivity (Wildman–Crippen MR) is 46.5 cm³/mol. The largest absolute Gasteiger partial charge is 0.370 e. The highest BCUT2D eigenvalue weighted by atomic mass is 32.1. The van der Waals surface area contributed by atoms with Crippen molar-refractivity contribution in [1.82, 2.24) is 10.3 Å². The van der Waals surface area contributed by atoms with Gasteiger partial charge in [-0.05, 0) is 0 Å². The van der Waals surface area contributed by atoms with Crippen molar-refractivity contribution in [2.45, 2.75) is 6.54 Å². The second-order valence-electron chi connectivity index (χ2n) is 1.93. The summed E-state index contributed by atoms with van der Waals surface area (Å²) in [6, 6.07) is 0. The highest BCUT2D eigenvalue weighted by Gasteiger charge is 1.93. The zero-order chi connectivity index (χ0) is 8.10. The van der Waals surface area contributed by atoms with E-state index in [1.165, 1.54) is 0 Å². The summed E-state index contributed by atoms with van der Waals surface area (Å²) >= 11 is 1.59. The number of nitrogens with one attached hydrogen (secondary N) is 1. The molecule has 11 heavy (non-hydrogen) atoms. The van der Waals surface area contributed by atoms with Gasteiger partial charge in [-0.1, -0.05) is 0 Å².